The number of azo groups is 1. The number of nitro groups is 1. The highest BCUT2D eigenvalue weighted by Gasteiger charge is 2.09. The molecule has 0 aliphatic rings. The molecule has 0 aromatic heterocycles. The number of aliphatic hydroxyl groups is 1. The van der Waals surface area contributed by atoms with E-state index in [0.717, 1.165) is 12.2 Å². The molecule has 0 spiro atoms. The first kappa shape index (κ1) is 24.7. The number of nitro benzene ring substituents is 1. The largest absolute Gasteiger partial charge is 0.478 e. The number of aliphatic hydroxyl groups excluding tert-OH is 1. The van der Waals surface area contributed by atoms with Gasteiger partial charge in [-0.25, -0.2) is 4.79 Å². The SMILES string of the molecule is C=C(C)C(=O)O.CCN(CCO)c1ccc(N=Nc2ccc([N+](=O)[O-])cc2Cl)cc1. The molecule has 9 nitrogen and oxygen atoms in total. The Bertz CT molecular complexity index is 904. The van der Waals surface area contributed by atoms with Crippen LogP contribution in [0.3, 0.4) is 0 Å². The second-order valence-corrected chi connectivity index (χ2v) is 6.41. The quantitative estimate of drug-likeness (QED) is 0.256. The number of rotatable bonds is 8. The average molecular weight is 435 g/mol. The third-order valence-electron chi connectivity index (χ3n) is 3.75. The molecule has 0 saturated carbocycles. The van der Waals surface area contributed by atoms with Gasteiger partial charge in [0.05, 0.1) is 22.2 Å². The van der Waals surface area contributed by atoms with Gasteiger partial charge in [0.2, 0.25) is 0 Å². The third kappa shape index (κ3) is 7.98. The van der Waals surface area contributed by atoms with Crippen molar-refractivity contribution in [2.75, 3.05) is 24.6 Å². The summed E-state index contributed by atoms with van der Waals surface area (Å²) >= 11 is 5.97. The van der Waals surface area contributed by atoms with Crippen LogP contribution >= 0.6 is 11.6 Å². The molecule has 0 heterocycles. The Kier molecular flexibility index (Phi) is 10.1. The lowest BCUT2D eigenvalue weighted by atomic mass is 10.2. The van der Waals surface area contributed by atoms with Gasteiger partial charge in [-0.1, -0.05) is 18.2 Å². The van der Waals surface area contributed by atoms with E-state index in [1.165, 1.54) is 25.1 Å². The summed E-state index contributed by atoms with van der Waals surface area (Å²) in [5.74, 6) is -0.935. The molecule has 2 aromatic carbocycles. The number of carbonyl (C=O) groups is 1. The number of halogens is 1. The van der Waals surface area contributed by atoms with Crippen molar-refractivity contribution in [3.05, 3.63) is 69.8 Å². The number of anilines is 1. The van der Waals surface area contributed by atoms with Crippen molar-refractivity contribution in [2.45, 2.75) is 13.8 Å². The second-order valence-electron chi connectivity index (χ2n) is 6.00. The van der Waals surface area contributed by atoms with Gasteiger partial charge in [-0.15, -0.1) is 5.11 Å². The third-order valence-corrected chi connectivity index (χ3v) is 4.05. The first-order chi connectivity index (χ1) is 14.2. The molecule has 0 amide bonds. The molecule has 2 aromatic rings. The van der Waals surface area contributed by atoms with Crippen LogP contribution in [-0.4, -0.2) is 40.8 Å². The fraction of sp³-hybridized carbons (Fsp3) is 0.250. The highest BCUT2D eigenvalue weighted by atomic mass is 35.5. The van der Waals surface area contributed by atoms with Crippen LogP contribution in [0, 0.1) is 10.1 Å². The molecule has 2 rings (SSSR count). The van der Waals surface area contributed by atoms with Gasteiger partial charge < -0.3 is 15.1 Å². The normalized spacial score (nSPS) is 10.3. The van der Waals surface area contributed by atoms with E-state index in [0.29, 0.717) is 17.9 Å². The Balaban J connectivity index is 0.000000656. The molecule has 160 valence electrons. The molecular weight excluding hydrogens is 412 g/mol. The number of benzene rings is 2. The number of hydrogen-bond donors (Lipinski definition) is 2. The van der Waals surface area contributed by atoms with E-state index < -0.39 is 10.9 Å². The average Bonchev–Trinajstić information content (AvgIpc) is 2.72. The van der Waals surface area contributed by atoms with Crippen LogP contribution in [-0.2, 0) is 4.79 Å². The summed E-state index contributed by atoms with van der Waals surface area (Å²) in [4.78, 5) is 21.8. The molecule has 0 bridgehead atoms. The summed E-state index contributed by atoms with van der Waals surface area (Å²) in [7, 11) is 0. The van der Waals surface area contributed by atoms with E-state index in [1.54, 1.807) is 12.1 Å². The number of aliphatic carboxylic acids is 1. The molecule has 0 aliphatic heterocycles. The standard InChI is InChI=1S/C16H17ClN4O3.C4H6O2/c1-2-20(9-10-22)13-5-3-12(4-6-13)18-19-16-8-7-14(21(23)24)11-15(16)17;1-3(2)4(5)6/h3-8,11,22H,2,9-10H2,1H3;1H2,2H3,(H,5,6). The zero-order chi connectivity index (χ0) is 22.7. The minimum atomic E-state index is -0.935. The van der Waals surface area contributed by atoms with Crippen molar-refractivity contribution in [1.82, 2.24) is 0 Å². The Morgan fingerprint density at radius 2 is 1.83 bits per heavy atom. The molecule has 0 unspecified atom stereocenters. The van der Waals surface area contributed by atoms with E-state index in [4.69, 9.17) is 21.8 Å². The number of nitrogens with zero attached hydrogens (tertiary/aromatic N) is 4. The predicted octanol–water partition coefficient (Wildman–Crippen LogP) is 5.13. The van der Waals surface area contributed by atoms with E-state index in [9.17, 15) is 14.9 Å². The summed E-state index contributed by atoms with van der Waals surface area (Å²) in [6.07, 6.45) is 0. The summed E-state index contributed by atoms with van der Waals surface area (Å²) in [6.45, 7) is 8.06. The number of carboxylic acids is 1. The number of likely N-dealkylation sites (N-methyl/N-ethyl adjacent to an activating group) is 1. The Morgan fingerprint density at radius 3 is 2.27 bits per heavy atom. The number of hydrogen-bond acceptors (Lipinski definition) is 7. The Labute approximate surface area is 179 Å². The van der Waals surface area contributed by atoms with Crippen molar-refractivity contribution in [1.29, 1.82) is 0 Å². The van der Waals surface area contributed by atoms with Crippen LogP contribution in [0.25, 0.3) is 0 Å². The number of non-ortho nitro benzene ring substituents is 1. The smallest absolute Gasteiger partial charge is 0.330 e. The molecule has 0 atom stereocenters. The van der Waals surface area contributed by atoms with Crippen LogP contribution < -0.4 is 4.90 Å². The molecular formula is C20H23ClN4O5. The number of carboxylic acid groups (broad SMARTS) is 1. The first-order valence-corrected chi connectivity index (χ1v) is 9.27. The van der Waals surface area contributed by atoms with Crippen LogP contribution in [0.15, 0.2) is 64.8 Å². The van der Waals surface area contributed by atoms with Gasteiger partial charge in [0.15, 0.2) is 0 Å². The fourth-order valence-electron chi connectivity index (χ4n) is 2.12. The van der Waals surface area contributed by atoms with Crippen molar-refractivity contribution in [3.8, 4) is 0 Å². The summed E-state index contributed by atoms with van der Waals surface area (Å²) in [5, 5.41) is 35.9. The maximum atomic E-state index is 10.7. The van der Waals surface area contributed by atoms with Gasteiger partial charge in [0.25, 0.3) is 5.69 Å². The maximum Gasteiger partial charge on any atom is 0.330 e. The molecule has 10 heteroatoms. The van der Waals surface area contributed by atoms with Gasteiger partial charge in [0, 0.05) is 36.5 Å². The van der Waals surface area contributed by atoms with Gasteiger partial charge in [0.1, 0.15) is 5.69 Å². The summed E-state index contributed by atoms with van der Waals surface area (Å²) in [6, 6.07) is 11.4. The highest BCUT2D eigenvalue weighted by Crippen LogP contribution is 2.30. The minimum Gasteiger partial charge on any atom is -0.478 e. The zero-order valence-electron chi connectivity index (χ0n) is 16.7. The van der Waals surface area contributed by atoms with Gasteiger partial charge in [-0.3, -0.25) is 10.1 Å². The Morgan fingerprint density at radius 1 is 1.23 bits per heavy atom. The minimum absolute atomic E-state index is 0.0909. The van der Waals surface area contributed by atoms with Crippen LogP contribution in [0.5, 0.6) is 0 Å². The Hall–Kier alpha value is -3.30. The highest BCUT2D eigenvalue weighted by molar-refractivity contribution is 6.33. The van der Waals surface area contributed by atoms with Gasteiger partial charge in [-0.05, 0) is 44.2 Å². The van der Waals surface area contributed by atoms with Crippen molar-refractivity contribution < 1.29 is 19.9 Å². The first-order valence-electron chi connectivity index (χ1n) is 8.90. The zero-order valence-corrected chi connectivity index (χ0v) is 17.4. The molecule has 30 heavy (non-hydrogen) atoms. The monoisotopic (exact) mass is 434 g/mol. The van der Waals surface area contributed by atoms with E-state index in [1.807, 2.05) is 24.0 Å². The van der Waals surface area contributed by atoms with E-state index in [-0.39, 0.29) is 22.9 Å². The fourth-order valence-corrected chi connectivity index (χ4v) is 2.34. The molecule has 0 radical (unpaired) electrons. The van der Waals surface area contributed by atoms with Gasteiger partial charge >= 0.3 is 5.97 Å². The van der Waals surface area contributed by atoms with Crippen LogP contribution in [0.2, 0.25) is 5.02 Å². The van der Waals surface area contributed by atoms with Crippen LogP contribution in [0.4, 0.5) is 22.7 Å². The lowest BCUT2D eigenvalue weighted by Crippen LogP contribution is -2.25. The predicted molar refractivity (Wildman–Crippen MR) is 116 cm³/mol. The van der Waals surface area contributed by atoms with E-state index >= 15 is 0 Å². The molecule has 2 N–H and O–H groups in total. The maximum absolute atomic E-state index is 10.7. The van der Waals surface area contributed by atoms with Crippen molar-refractivity contribution in [2.24, 2.45) is 10.2 Å². The molecule has 0 saturated heterocycles. The van der Waals surface area contributed by atoms with Crippen molar-refractivity contribution in [3.63, 3.8) is 0 Å². The van der Waals surface area contributed by atoms with Crippen molar-refractivity contribution >= 4 is 40.3 Å². The summed E-state index contributed by atoms with van der Waals surface area (Å²) < 4.78 is 0. The lowest BCUT2D eigenvalue weighted by Gasteiger charge is -2.21. The van der Waals surface area contributed by atoms with Crippen LogP contribution in [0.1, 0.15) is 13.8 Å². The topological polar surface area (TPSA) is 129 Å². The molecule has 0 aliphatic carbocycles. The molecule has 0 fully saturated rings. The van der Waals surface area contributed by atoms with E-state index in [2.05, 4.69) is 16.8 Å². The second kappa shape index (κ2) is 12.3. The summed E-state index contributed by atoms with van der Waals surface area (Å²) in [5.41, 5.74) is 2.07. The lowest BCUT2D eigenvalue weighted by molar-refractivity contribution is -0.384. The van der Waals surface area contributed by atoms with Gasteiger partial charge in [-0.2, -0.15) is 5.11 Å².